The second kappa shape index (κ2) is 21.5. The predicted molar refractivity (Wildman–Crippen MR) is 207 cm³/mol. The maximum atomic E-state index is 12.9. The van der Waals surface area contributed by atoms with Gasteiger partial charge in [-0.05, 0) is 123 Å². The predicted octanol–water partition coefficient (Wildman–Crippen LogP) is 7.97. The Hall–Kier alpha value is -6.06. The van der Waals surface area contributed by atoms with Crippen molar-refractivity contribution < 1.29 is 38.0 Å². The van der Waals surface area contributed by atoms with Gasteiger partial charge in [-0.15, -0.1) is 13.2 Å². The quantitative estimate of drug-likeness (QED) is 0.0378. The number of rotatable bonds is 16. The van der Waals surface area contributed by atoms with Gasteiger partial charge in [0, 0.05) is 22.3 Å². The molecule has 8 heteroatoms. The van der Waals surface area contributed by atoms with Gasteiger partial charge in [0.1, 0.15) is 36.2 Å². The maximum Gasteiger partial charge on any atom is 0.314 e. The van der Waals surface area contributed by atoms with Crippen LogP contribution in [-0.2, 0) is 19.1 Å². The summed E-state index contributed by atoms with van der Waals surface area (Å²) in [6.45, 7) is 10.1. The second-order valence-electron chi connectivity index (χ2n) is 12.4. The number of hydrogen-bond donors (Lipinski definition) is 0. The van der Waals surface area contributed by atoms with E-state index in [1.807, 2.05) is 72.8 Å². The summed E-state index contributed by atoms with van der Waals surface area (Å²) in [7, 11) is 0. The van der Waals surface area contributed by atoms with E-state index >= 15 is 0 Å². The summed E-state index contributed by atoms with van der Waals surface area (Å²) in [6.07, 6.45) is 5.63. The topological polar surface area (TPSA) is 89.5 Å². The lowest BCUT2D eigenvalue weighted by atomic mass is 9.82. The Morgan fingerprint density at radius 1 is 0.481 bits per heavy atom. The summed E-state index contributed by atoms with van der Waals surface area (Å²) < 4.78 is 33.3. The van der Waals surface area contributed by atoms with Crippen molar-refractivity contribution in [1.82, 2.24) is 0 Å². The molecule has 1 saturated carbocycles. The van der Waals surface area contributed by atoms with Crippen LogP contribution in [0.3, 0.4) is 0 Å². The molecule has 8 nitrogen and oxygen atoms in total. The van der Waals surface area contributed by atoms with Crippen molar-refractivity contribution in [1.29, 1.82) is 0 Å². The van der Waals surface area contributed by atoms with E-state index in [4.69, 9.17) is 28.4 Å². The number of ether oxygens (including phenoxy) is 6. The smallest absolute Gasteiger partial charge is 0.314 e. The molecule has 0 spiro atoms. The largest absolute Gasteiger partial charge is 0.491 e. The molecule has 0 aliphatic heterocycles. The van der Waals surface area contributed by atoms with E-state index in [1.54, 1.807) is 36.4 Å². The third-order valence-electron chi connectivity index (χ3n) is 8.41. The van der Waals surface area contributed by atoms with Crippen molar-refractivity contribution in [3.8, 4) is 46.7 Å². The van der Waals surface area contributed by atoms with E-state index in [1.165, 1.54) is 0 Å². The molecule has 0 aromatic heterocycles. The molecular formula is C46H44O8. The SMILES string of the molecule is C=CCOCCOc1ccc(C#Cc2ccc(OC(=O)C3CCC(C(=O)Oc4ccc(C#Cc5ccc(OCCOCC=C)cc5)cc4)CC3)cc2)cc1. The third kappa shape index (κ3) is 13.2. The molecule has 0 unspecified atom stereocenters. The molecule has 1 fully saturated rings. The molecule has 0 amide bonds. The van der Waals surface area contributed by atoms with E-state index in [0.717, 1.165) is 33.8 Å². The van der Waals surface area contributed by atoms with Crippen molar-refractivity contribution in [3.05, 3.63) is 145 Å². The number of hydrogen-bond acceptors (Lipinski definition) is 8. The van der Waals surface area contributed by atoms with Crippen LogP contribution in [0.2, 0.25) is 0 Å². The molecule has 276 valence electrons. The van der Waals surface area contributed by atoms with Gasteiger partial charge in [-0.2, -0.15) is 0 Å². The Balaban J connectivity index is 1.00. The summed E-state index contributed by atoms with van der Waals surface area (Å²) >= 11 is 0. The molecule has 0 saturated heterocycles. The Bertz CT molecular complexity index is 1790. The molecule has 0 N–H and O–H groups in total. The average molecular weight is 725 g/mol. The van der Waals surface area contributed by atoms with Gasteiger partial charge in [0.15, 0.2) is 0 Å². The Labute approximate surface area is 317 Å². The van der Waals surface area contributed by atoms with Gasteiger partial charge in [0.05, 0.1) is 38.3 Å². The summed E-state index contributed by atoms with van der Waals surface area (Å²) in [4.78, 5) is 25.8. The highest BCUT2D eigenvalue weighted by molar-refractivity contribution is 5.78. The van der Waals surface area contributed by atoms with Crippen LogP contribution < -0.4 is 18.9 Å². The first-order valence-electron chi connectivity index (χ1n) is 18.0. The van der Waals surface area contributed by atoms with Crippen molar-refractivity contribution in [2.24, 2.45) is 11.8 Å². The van der Waals surface area contributed by atoms with Crippen LogP contribution in [0.4, 0.5) is 0 Å². The minimum atomic E-state index is -0.291. The van der Waals surface area contributed by atoms with Crippen LogP contribution in [0.15, 0.2) is 122 Å². The average Bonchev–Trinajstić information content (AvgIpc) is 3.21. The van der Waals surface area contributed by atoms with Gasteiger partial charge in [-0.1, -0.05) is 35.8 Å². The highest BCUT2D eigenvalue weighted by Crippen LogP contribution is 2.31. The fourth-order valence-corrected chi connectivity index (χ4v) is 5.50. The first-order valence-corrected chi connectivity index (χ1v) is 18.0. The molecular weight excluding hydrogens is 680 g/mol. The number of benzene rings is 4. The summed E-state index contributed by atoms with van der Waals surface area (Å²) in [5.41, 5.74) is 3.30. The van der Waals surface area contributed by atoms with Crippen LogP contribution in [-0.4, -0.2) is 51.6 Å². The van der Waals surface area contributed by atoms with E-state index in [9.17, 15) is 9.59 Å². The minimum absolute atomic E-state index is 0.274. The lowest BCUT2D eigenvalue weighted by molar-refractivity contribution is -0.145. The zero-order chi connectivity index (χ0) is 37.8. The summed E-state index contributed by atoms with van der Waals surface area (Å²) in [5, 5.41) is 0. The van der Waals surface area contributed by atoms with Gasteiger partial charge in [-0.3, -0.25) is 9.59 Å². The van der Waals surface area contributed by atoms with Gasteiger partial charge in [0.2, 0.25) is 0 Å². The molecule has 1 aliphatic rings. The normalized spacial score (nSPS) is 14.6. The minimum Gasteiger partial charge on any atom is -0.491 e. The number of carbonyl (C=O) groups is 2. The van der Waals surface area contributed by atoms with Crippen molar-refractivity contribution in [2.45, 2.75) is 25.7 Å². The fraction of sp³-hybridized carbons (Fsp3) is 0.261. The highest BCUT2D eigenvalue weighted by Gasteiger charge is 2.32. The van der Waals surface area contributed by atoms with Crippen LogP contribution in [0.1, 0.15) is 47.9 Å². The van der Waals surface area contributed by atoms with Crippen LogP contribution in [0.5, 0.6) is 23.0 Å². The molecule has 1 aliphatic carbocycles. The Morgan fingerprint density at radius 2 is 0.778 bits per heavy atom. The molecule has 0 atom stereocenters. The van der Waals surface area contributed by atoms with E-state index in [2.05, 4.69) is 36.8 Å². The summed E-state index contributed by atoms with van der Waals surface area (Å²) in [5.74, 6) is 13.8. The Kier molecular flexibility index (Phi) is 15.6. The molecule has 0 heterocycles. The van der Waals surface area contributed by atoms with Gasteiger partial charge in [0.25, 0.3) is 0 Å². The van der Waals surface area contributed by atoms with Crippen molar-refractivity contribution in [3.63, 3.8) is 0 Å². The van der Waals surface area contributed by atoms with E-state index in [0.29, 0.717) is 76.8 Å². The van der Waals surface area contributed by atoms with E-state index in [-0.39, 0.29) is 23.8 Å². The molecule has 5 rings (SSSR count). The van der Waals surface area contributed by atoms with Crippen molar-refractivity contribution in [2.75, 3.05) is 39.6 Å². The zero-order valence-corrected chi connectivity index (χ0v) is 30.3. The second-order valence-corrected chi connectivity index (χ2v) is 12.4. The summed E-state index contributed by atoms with van der Waals surface area (Å²) in [6, 6.07) is 29.3. The Morgan fingerprint density at radius 3 is 1.07 bits per heavy atom. The molecule has 4 aromatic carbocycles. The van der Waals surface area contributed by atoms with E-state index < -0.39 is 0 Å². The monoisotopic (exact) mass is 724 g/mol. The lowest BCUT2D eigenvalue weighted by Gasteiger charge is -2.25. The zero-order valence-electron chi connectivity index (χ0n) is 30.3. The molecule has 0 radical (unpaired) electrons. The first kappa shape index (κ1) is 39.2. The van der Waals surface area contributed by atoms with Gasteiger partial charge >= 0.3 is 11.9 Å². The van der Waals surface area contributed by atoms with Crippen LogP contribution >= 0.6 is 0 Å². The third-order valence-corrected chi connectivity index (χ3v) is 8.41. The number of carbonyl (C=O) groups excluding carboxylic acids is 2. The van der Waals surface area contributed by atoms with Gasteiger partial charge < -0.3 is 28.4 Å². The fourth-order valence-electron chi connectivity index (χ4n) is 5.50. The number of esters is 2. The van der Waals surface area contributed by atoms with Gasteiger partial charge in [-0.25, -0.2) is 0 Å². The molecule has 54 heavy (non-hydrogen) atoms. The van der Waals surface area contributed by atoms with Crippen molar-refractivity contribution >= 4 is 11.9 Å². The lowest BCUT2D eigenvalue weighted by Crippen LogP contribution is -2.30. The highest BCUT2D eigenvalue weighted by atomic mass is 16.5. The maximum absolute atomic E-state index is 12.9. The molecule has 0 bridgehead atoms. The standard InChI is InChI=1S/C46H44O8/c1-3-29-49-31-33-51-41-21-9-35(10-22-41)5-7-37-13-25-43(26-14-37)53-45(47)39-17-19-40(20-18-39)46(48)54-44-27-15-38(16-28-44)8-6-36-11-23-42(24-12-36)52-34-32-50-30-4-2/h3-4,9-16,21-28,39-40H,1-2,17-20,29-34H2. The van der Waals surface area contributed by atoms with Crippen LogP contribution in [0, 0.1) is 35.5 Å². The first-order chi connectivity index (χ1) is 26.5. The molecule has 4 aromatic rings. The van der Waals surface area contributed by atoms with Crippen LogP contribution in [0.25, 0.3) is 0 Å².